The van der Waals surface area contributed by atoms with Crippen molar-refractivity contribution in [1.29, 1.82) is 0 Å². The van der Waals surface area contributed by atoms with Crippen LogP contribution in [0.2, 0.25) is 0 Å². The number of aryl methyl sites for hydroxylation is 2. The third-order valence-electron chi connectivity index (χ3n) is 8.35. The van der Waals surface area contributed by atoms with Crippen molar-refractivity contribution in [3.63, 3.8) is 0 Å². The number of rotatable bonds is 6. The van der Waals surface area contributed by atoms with Gasteiger partial charge in [-0.2, -0.15) is 5.10 Å². The van der Waals surface area contributed by atoms with Crippen molar-refractivity contribution < 1.29 is 9.47 Å². The third-order valence-corrected chi connectivity index (χ3v) is 8.35. The molecule has 2 saturated heterocycles. The molecule has 0 spiro atoms. The molecule has 3 aliphatic rings. The number of hydrogen-bond donors (Lipinski definition) is 1. The number of nitrogens with one attached hydrogen (secondary N) is 1. The molecule has 3 atom stereocenters. The first-order valence-corrected chi connectivity index (χ1v) is 13.0. The van der Waals surface area contributed by atoms with Crippen LogP contribution in [0, 0.1) is 24.7 Å². The number of fused-ring (bicyclic) bond motifs is 2. The normalized spacial score (nSPS) is 25.3. The number of aromatic nitrogens is 4. The number of benzene rings is 1. The minimum absolute atomic E-state index is 0.428. The van der Waals surface area contributed by atoms with E-state index in [2.05, 4.69) is 44.7 Å². The van der Waals surface area contributed by atoms with Crippen molar-refractivity contribution in [1.82, 2.24) is 24.9 Å². The van der Waals surface area contributed by atoms with Crippen LogP contribution in [0.5, 0.6) is 5.75 Å². The van der Waals surface area contributed by atoms with Crippen LogP contribution in [0.15, 0.2) is 24.4 Å². The van der Waals surface area contributed by atoms with E-state index in [0.717, 1.165) is 70.3 Å². The number of nitrogens with zero attached hydrogens (tertiary/aromatic N) is 5. The first-order valence-electron chi connectivity index (χ1n) is 13.0. The Balaban J connectivity index is 1.12. The van der Waals surface area contributed by atoms with Crippen LogP contribution < -0.4 is 10.1 Å². The Hall–Kier alpha value is -2.71. The van der Waals surface area contributed by atoms with Crippen LogP contribution in [0.1, 0.15) is 31.2 Å². The molecule has 0 bridgehead atoms. The number of anilines is 1. The maximum Gasteiger partial charge on any atom is 0.191 e. The van der Waals surface area contributed by atoms with E-state index >= 15 is 0 Å². The first-order chi connectivity index (χ1) is 17.1. The number of likely N-dealkylation sites (tertiary alicyclic amines) is 1. The van der Waals surface area contributed by atoms with Crippen molar-refractivity contribution in [2.75, 3.05) is 45.3 Å². The Labute approximate surface area is 207 Å². The molecule has 35 heavy (non-hydrogen) atoms. The van der Waals surface area contributed by atoms with E-state index in [4.69, 9.17) is 9.47 Å². The summed E-state index contributed by atoms with van der Waals surface area (Å²) < 4.78 is 13.1. The van der Waals surface area contributed by atoms with E-state index < -0.39 is 0 Å². The van der Waals surface area contributed by atoms with Crippen LogP contribution in [-0.4, -0.2) is 70.9 Å². The fourth-order valence-electron chi connectivity index (χ4n) is 6.54. The molecule has 3 aromatic rings. The standard InChI is InChI=1S/C27H36N6O2/c1-17-22(4-5-24-23(17)16-32(2)31-24)25-12-26(34-3)27(30-29-25)28-21-10-19-14-33(15-20(19)11-21)13-18-6-8-35-9-7-18/h4-5,12,16,18-21H,6-11,13-15H2,1-3H3,(H,28,30)/t19-,20?,21?/m1/s1. The molecule has 1 aromatic carbocycles. The lowest BCUT2D eigenvalue weighted by Crippen LogP contribution is -2.32. The molecule has 2 aromatic heterocycles. The quantitative estimate of drug-likeness (QED) is 0.578. The minimum atomic E-state index is 0.428. The van der Waals surface area contributed by atoms with E-state index in [1.54, 1.807) is 7.11 Å². The SMILES string of the molecule is COc1cc(-c2ccc3nn(C)cc3c2C)nnc1NC1CC2CN(CC3CCOCC3)C[C@H]2C1. The summed E-state index contributed by atoms with van der Waals surface area (Å²) in [5, 5.41) is 18.5. The lowest BCUT2D eigenvalue weighted by molar-refractivity contribution is 0.0545. The zero-order valence-corrected chi connectivity index (χ0v) is 21.0. The highest BCUT2D eigenvalue weighted by atomic mass is 16.5. The van der Waals surface area contributed by atoms with E-state index in [0.29, 0.717) is 6.04 Å². The molecule has 2 unspecified atom stereocenters. The topological polar surface area (TPSA) is 77.3 Å². The highest BCUT2D eigenvalue weighted by Gasteiger charge is 2.41. The van der Waals surface area contributed by atoms with Crippen molar-refractivity contribution >= 4 is 16.7 Å². The van der Waals surface area contributed by atoms with Crippen LogP contribution in [0.4, 0.5) is 5.82 Å². The Bertz CT molecular complexity index is 1190. The summed E-state index contributed by atoms with van der Waals surface area (Å²) in [6, 6.07) is 6.55. The van der Waals surface area contributed by atoms with Crippen LogP contribution in [0.3, 0.4) is 0 Å². The van der Waals surface area contributed by atoms with E-state index in [-0.39, 0.29) is 0 Å². The lowest BCUT2D eigenvalue weighted by Gasteiger charge is -2.27. The number of ether oxygens (including phenoxy) is 2. The smallest absolute Gasteiger partial charge is 0.191 e. The van der Waals surface area contributed by atoms with Gasteiger partial charge in [-0.3, -0.25) is 4.68 Å². The zero-order chi connectivity index (χ0) is 23.9. The molecule has 186 valence electrons. The van der Waals surface area contributed by atoms with Crippen LogP contribution in [0.25, 0.3) is 22.2 Å². The second kappa shape index (κ2) is 9.39. The maximum absolute atomic E-state index is 5.74. The van der Waals surface area contributed by atoms with Gasteiger partial charge in [0.1, 0.15) is 0 Å². The molecule has 4 heterocycles. The molecule has 8 nitrogen and oxygen atoms in total. The van der Waals surface area contributed by atoms with Gasteiger partial charge in [0.25, 0.3) is 0 Å². The van der Waals surface area contributed by atoms with E-state index in [1.165, 1.54) is 45.3 Å². The Morgan fingerprint density at radius 1 is 1.11 bits per heavy atom. The molecule has 0 amide bonds. The summed E-state index contributed by atoms with van der Waals surface area (Å²) >= 11 is 0. The van der Waals surface area contributed by atoms with Gasteiger partial charge in [-0.25, -0.2) is 0 Å². The first kappa shape index (κ1) is 22.7. The van der Waals surface area contributed by atoms with Crippen LogP contribution >= 0.6 is 0 Å². The molecular weight excluding hydrogens is 440 g/mol. The van der Waals surface area contributed by atoms with Gasteiger partial charge in [-0.15, -0.1) is 10.2 Å². The third kappa shape index (κ3) is 4.49. The molecule has 1 N–H and O–H groups in total. The predicted molar refractivity (Wildman–Crippen MR) is 137 cm³/mol. The fourth-order valence-corrected chi connectivity index (χ4v) is 6.54. The van der Waals surface area contributed by atoms with Crippen molar-refractivity contribution in [2.24, 2.45) is 24.8 Å². The molecular formula is C27H36N6O2. The summed E-state index contributed by atoms with van der Waals surface area (Å²) in [4.78, 5) is 2.71. The highest BCUT2D eigenvalue weighted by molar-refractivity contribution is 5.88. The van der Waals surface area contributed by atoms with Gasteiger partial charge >= 0.3 is 0 Å². The Morgan fingerprint density at radius 2 is 1.89 bits per heavy atom. The molecule has 6 rings (SSSR count). The molecule has 8 heteroatoms. The Kier molecular flexibility index (Phi) is 6.10. The summed E-state index contributed by atoms with van der Waals surface area (Å²) in [6.45, 7) is 7.71. The molecule has 1 saturated carbocycles. The summed E-state index contributed by atoms with van der Waals surface area (Å²) in [6.07, 6.45) is 6.88. The van der Waals surface area contributed by atoms with Crippen molar-refractivity contribution in [2.45, 2.75) is 38.6 Å². The van der Waals surface area contributed by atoms with Gasteiger partial charge in [-0.05, 0) is 62.0 Å². The van der Waals surface area contributed by atoms with Gasteiger partial charge in [0, 0.05) is 69.2 Å². The van der Waals surface area contributed by atoms with Gasteiger partial charge < -0.3 is 19.7 Å². The lowest BCUT2D eigenvalue weighted by atomic mass is 10.00. The Morgan fingerprint density at radius 3 is 2.63 bits per heavy atom. The maximum atomic E-state index is 5.74. The number of methoxy groups -OCH3 is 1. The summed E-state index contributed by atoms with van der Waals surface area (Å²) in [7, 11) is 3.66. The second-order valence-electron chi connectivity index (χ2n) is 10.7. The van der Waals surface area contributed by atoms with Crippen molar-refractivity contribution in [3.05, 3.63) is 30.0 Å². The van der Waals surface area contributed by atoms with Gasteiger partial charge in [0.05, 0.1) is 18.3 Å². The zero-order valence-electron chi connectivity index (χ0n) is 21.0. The predicted octanol–water partition coefficient (Wildman–Crippen LogP) is 3.90. The summed E-state index contributed by atoms with van der Waals surface area (Å²) in [5.74, 6) is 3.87. The average molecular weight is 477 g/mol. The average Bonchev–Trinajstić information content (AvgIpc) is 3.53. The fraction of sp³-hybridized carbons (Fsp3) is 0.593. The highest BCUT2D eigenvalue weighted by Crippen LogP contribution is 2.41. The minimum Gasteiger partial charge on any atom is -0.493 e. The van der Waals surface area contributed by atoms with E-state index in [1.807, 2.05) is 23.9 Å². The van der Waals surface area contributed by atoms with E-state index in [9.17, 15) is 0 Å². The van der Waals surface area contributed by atoms with Gasteiger partial charge in [0.15, 0.2) is 11.6 Å². The van der Waals surface area contributed by atoms with Gasteiger partial charge in [-0.1, -0.05) is 6.07 Å². The molecule has 2 aliphatic heterocycles. The molecule has 3 fully saturated rings. The summed E-state index contributed by atoms with van der Waals surface area (Å²) in [5.41, 5.74) is 4.03. The van der Waals surface area contributed by atoms with Crippen LogP contribution in [-0.2, 0) is 11.8 Å². The second-order valence-corrected chi connectivity index (χ2v) is 10.7. The largest absolute Gasteiger partial charge is 0.493 e. The van der Waals surface area contributed by atoms with Gasteiger partial charge in [0.2, 0.25) is 0 Å². The number of hydrogen-bond acceptors (Lipinski definition) is 7. The molecule has 0 radical (unpaired) electrons. The monoisotopic (exact) mass is 476 g/mol. The molecule has 1 aliphatic carbocycles. The van der Waals surface area contributed by atoms with Crippen molar-refractivity contribution in [3.8, 4) is 17.0 Å².